The van der Waals surface area contributed by atoms with E-state index in [4.69, 9.17) is 14.4 Å². The largest absolute Gasteiger partial charge is 0.484 e. The van der Waals surface area contributed by atoms with Crippen molar-refractivity contribution in [3.63, 3.8) is 0 Å². The number of ether oxygens (including phenoxy) is 1. The van der Waals surface area contributed by atoms with Gasteiger partial charge in [0.05, 0.1) is 22.2 Å². The van der Waals surface area contributed by atoms with Crippen molar-refractivity contribution in [3.05, 3.63) is 90.3 Å². The summed E-state index contributed by atoms with van der Waals surface area (Å²) in [4.78, 5) is -0.00262. The van der Waals surface area contributed by atoms with E-state index in [1.807, 2.05) is 36.4 Å². The van der Waals surface area contributed by atoms with Crippen LogP contribution < -0.4 is 9.46 Å². The van der Waals surface area contributed by atoms with E-state index in [0.717, 1.165) is 5.56 Å². The summed E-state index contributed by atoms with van der Waals surface area (Å²) in [6.07, 6.45) is 0. The molecule has 154 valence electrons. The van der Waals surface area contributed by atoms with Gasteiger partial charge in [0.25, 0.3) is 15.9 Å². The Morgan fingerprint density at radius 3 is 2.58 bits per heavy atom. The van der Waals surface area contributed by atoms with Crippen molar-refractivity contribution in [2.75, 3.05) is 4.72 Å². The lowest BCUT2D eigenvalue weighted by Gasteiger charge is -2.10. The quantitative estimate of drug-likeness (QED) is 0.469. The first-order valence-electron chi connectivity index (χ1n) is 9.17. The summed E-state index contributed by atoms with van der Waals surface area (Å²) in [6.45, 7) is 0.0280. The Kier molecular flexibility index (Phi) is 5.64. The van der Waals surface area contributed by atoms with Gasteiger partial charge in [0.1, 0.15) is 5.75 Å². The first-order valence-corrected chi connectivity index (χ1v) is 10.7. The predicted octanol–water partition coefficient (Wildman–Crippen LogP) is 3.99. The monoisotopic (exact) mass is 432 g/mol. The number of nitrogens with zero attached hydrogens (tertiary/aromatic N) is 3. The molecule has 0 aliphatic heterocycles. The van der Waals surface area contributed by atoms with E-state index in [9.17, 15) is 8.42 Å². The van der Waals surface area contributed by atoms with Crippen LogP contribution in [0.2, 0.25) is 0 Å². The van der Waals surface area contributed by atoms with Crippen molar-refractivity contribution in [1.29, 1.82) is 5.26 Å². The fourth-order valence-electron chi connectivity index (χ4n) is 2.75. The molecule has 9 heteroatoms. The molecule has 0 amide bonds. The van der Waals surface area contributed by atoms with Crippen molar-refractivity contribution in [2.45, 2.75) is 11.5 Å². The van der Waals surface area contributed by atoms with Crippen molar-refractivity contribution >= 4 is 15.7 Å². The van der Waals surface area contributed by atoms with Gasteiger partial charge in [-0.3, -0.25) is 4.72 Å². The Bertz CT molecular complexity index is 1350. The van der Waals surface area contributed by atoms with Crippen LogP contribution in [0.15, 0.2) is 88.2 Å². The molecular formula is C22H16N4O4S. The third kappa shape index (κ3) is 4.88. The maximum atomic E-state index is 12.6. The minimum atomic E-state index is -3.85. The topological polar surface area (TPSA) is 118 Å². The van der Waals surface area contributed by atoms with E-state index in [1.165, 1.54) is 24.3 Å². The van der Waals surface area contributed by atoms with E-state index in [-0.39, 0.29) is 23.0 Å². The third-order valence-corrected chi connectivity index (χ3v) is 5.59. The van der Waals surface area contributed by atoms with Crippen LogP contribution in [-0.4, -0.2) is 18.6 Å². The maximum absolute atomic E-state index is 12.6. The van der Waals surface area contributed by atoms with Crippen molar-refractivity contribution in [3.8, 4) is 23.3 Å². The molecule has 0 fully saturated rings. The number of nitriles is 1. The van der Waals surface area contributed by atoms with E-state index >= 15 is 0 Å². The second-order valence-electron chi connectivity index (χ2n) is 6.43. The van der Waals surface area contributed by atoms with Gasteiger partial charge in [-0.2, -0.15) is 5.26 Å². The third-order valence-electron chi connectivity index (χ3n) is 4.21. The molecule has 4 aromatic rings. The Morgan fingerprint density at radius 2 is 1.77 bits per heavy atom. The summed E-state index contributed by atoms with van der Waals surface area (Å²) >= 11 is 0. The maximum Gasteiger partial charge on any atom is 0.261 e. The molecule has 0 radical (unpaired) electrons. The Labute approximate surface area is 178 Å². The van der Waals surface area contributed by atoms with E-state index < -0.39 is 10.0 Å². The standard InChI is InChI=1S/C22H16N4O4S/c23-14-16-6-4-11-20(12-16)31(27,28)26-18-9-5-10-19(13-18)29-15-21-24-25-22(30-21)17-7-2-1-3-8-17/h1-13,26H,15H2. The zero-order valence-electron chi connectivity index (χ0n) is 16.1. The zero-order chi connectivity index (χ0) is 21.7. The zero-order valence-corrected chi connectivity index (χ0v) is 16.9. The number of hydrogen-bond acceptors (Lipinski definition) is 7. The van der Waals surface area contributed by atoms with Crippen molar-refractivity contribution in [2.24, 2.45) is 0 Å². The fraction of sp³-hybridized carbons (Fsp3) is 0.0455. The molecule has 31 heavy (non-hydrogen) atoms. The number of nitrogens with one attached hydrogen (secondary N) is 1. The number of hydrogen-bond donors (Lipinski definition) is 1. The molecule has 0 aliphatic rings. The average molecular weight is 432 g/mol. The molecule has 0 saturated carbocycles. The van der Waals surface area contributed by atoms with Crippen molar-refractivity contribution in [1.82, 2.24) is 10.2 Å². The van der Waals surface area contributed by atoms with Crippen molar-refractivity contribution < 1.29 is 17.6 Å². The molecule has 0 aliphatic carbocycles. The van der Waals surface area contributed by atoms with Crippen LogP contribution in [0.25, 0.3) is 11.5 Å². The Morgan fingerprint density at radius 1 is 0.968 bits per heavy atom. The summed E-state index contributed by atoms with van der Waals surface area (Å²) in [5.74, 6) is 1.10. The highest BCUT2D eigenvalue weighted by Gasteiger charge is 2.15. The van der Waals surface area contributed by atoms with E-state index in [1.54, 1.807) is 24.3 Å². The lowest BCUT2D eigenvalue weighted by molar-refractivity contribution is 0.264. The van der Waals surface area contributed by atoms with Gasteiger partial charge in [-0.05, 0) is 42.5 Å². The molecule has 0 spiro atoms. The van der Waals surface area contributed by atoms with Crippen LogP contribution in [0.3, 0.4) is 0 Å². The van der Waals surface area contributed by atoms with Gasteiger partial charge in [0, 0.05) is 11.6 Å². The van der Waals surface area contributed by atoms with Gasteiger partial charge in [-0.1, -0.05) is 30.3 Å². The average Bonchev–Trinajstić information content (AvgIpc) is 3.27. The van der Waals surface area contributed by atoms with Gasteiger partial charge >= 0.3 is 0 Å². The van der Waals surface area contributed by atoms with Crippen LogP contribution in [0.1, 0.15) is 11.5 Å². The van der Waals surface area contributed by atoms with Gasteiger partial charge in [-0.15, -0.1) is 10.2 Å². The summed E-state index contributed by atoms with van der Waals surface area (Å²) < 4.78 is 38.9. The first kappa shape index (κ1) is 20.1. The number of sulfonamides is 1. The molecule has 0 atom stereocenters. The minimum Gasteiger partial charge on any atom is -0.484 e. The Hall–Kier alpha value is -4.16. The second-order valence-corrected chi connectivity index (χ2v) is 8.11. The normalized spacial score (nSPS) is 10.9. The molecule has 1 aromatic heterocycles. The highest BCUT2D eigenvalue weighted by atomic mass is 32.2. The summed E-state index contributed by atoms with van der Waals surface area (Å²) in [5.41, 5.74) is 1.38. The highest BCUT2D eigenvalue weighted by Crippen LogP contribution is 2.23. The molecule has 8 nitrogen and oxygen atoms in total. The molecule has 1 heterocycles. The molecule has 3 aromatic carbocycles. The predicted molar refractivity (Wildman–Crippen MR) is 112 cm³/mol. The van der Waals surface area contributed by atoms with Crippen LogP contribution in [-0.2, 0) is 16.6 Å². The molecular weight excluding hydrogens is 416 g/mol. The van der Waals surface area contributed by atoms with Gasteiger partial charge in [-0.25, -0.2) is 8.42 Å². The first-order chi connectivity index (χ1) is 15.0. The summed E-state index contributed by atoms with van der Waals surface area (Å²) in [7, 11) is -3.85. The molecule has 0 unspecified atom stereocenters. The van der Waals surface area contributed by atoms with Crippen LogP contribution in [0, 0.1) is 11.3 Å². The number of anilines is 1. The number of aromatic nitrogens is 2. The molecule has 1 N–H and O–H groups in total. The second kappa shape index (κ2) is 8.69. The van der Waals surface area contributed by atoms with Gasteiger partial charge in [0.2, 0.25) is 5.89 Å². The van der Waals surface area contributed by atoms with Crippen LogP contribution >= 0.6 is 0 Å². The Balaban J connectivity index is 1.44. The van der Waals surface area contributed by atoms with Gasteiger partial charge < -0.3 is 9.15 Å². The molecule has 0 bridgehead atoms. The molecule has 0 saturated heterocycles. The summed E-state index contributed by atoms with van der Waals surface area (Å²) in [5, 5.41) is 16.9. The van der Waals surface area contributed by atoms with Crippen LogP contribution in [0.4, 0.5) is 5.69 Å². The minimum absolute atomic E-state index is 0.00262. The number of rotatable bonds is 7. The molecule has 4 rings (SSSR count). The lowest BCUT2D eigenvalue weighted by atomic mass is 10.2. The smallest absolute Gasteiger partial charge is 0.261 e. The van der Waals surface area contributed by atoms with E-state index in [2.05, 4.69) is 14.9 Å². The van der Waals surface area contributed by atoms with E-state index in [0.29, 0.717) is 17.3 Å². The SMILES string of the molecule is N#Cc1cccc(S(=O)(=O)Nc2cccc(OCc3nnc(-c4ccccc4)o3)c2)c1. The lowest BCUT2D eigenvalue weighted by Crippen LogP contribution is -2.13. The fourth-order valence-corrected chi connectivity index (χ4v) is 3.85. The van der Waals surface area contributed by atoms with Crippen LogP contribution in [0.5, 0.6) is 5.75 Å². The van der Waals surface area contributed by atoms with Gasteiger partial charge in [0.15, 0.2) is 6.61 Å². The highest BCUT2D eigenvalue weighted by molar-refractivity contribution is 7.92. The number of benzene rings is 3. The summed E-state index contributed by atoms with van der Waals surface area (Å²) in [6, 6.07) is 23.5.